The van der Waals surface area contributed by atoms with Crippen molar-refractivity contribution in [1.29, 1.82) is 0 Å². The van der Waals surface area contributed by atoms with Gasteiger partial charge >= 0.3 is 0 Å². The topological polar surface area (TPSA) is 243 Å². The molecule has 2 saturated heterocycles. The number of fused-ring (bicyclic) bond motifs is 2. The highest BCUT2D eigenvalue weighted by atomic mass is 32.7. The summed E-state index contributed by atoms with van der Waals surface area (Å²) in [5, 5.41) is 36.0. The number of nitrogens with zero attached hydrogens (tertiary/aromatic N) is 8. The van der Waals surface area contributed by atoms with Crippen LogP contribution in [0, 0.1) is 0 Å². The number of hydrogen-bond acceptors (Lipinski definition) is 17. The molecule has 6 heterocycles. The van der Waals surface area contributed by atoms with Gasteiger partial charge in [0, 0.05) is 13.1 Å². The molecule has 10 atom stereocenters. The molecule has 0 aromatic carbocycles. The number of hydrogen-bond donors (Lipinski definition) is 7. The van der Waals surface area contributed by atoms with Crippen molar-refractivity contribution >= 4 is 72.9 Å². The molecule has 0 saturated carbocycles. The molecule has 6 rings (SSSR count). The molecule has 0 spiro atoms. The lowest BCUT2D eigenvalue weighted by Gasteiger charge is -2.20. The van der Waals surface area contributed by atoms with Gasteiger partial charge in [-0.15, -0.1) is 0 Å². The molecule has 24 heteroatoms. The number of aliphatic hydroxyl groups is 3. The van der Waals surface area contributed by atoms with Crippen molar-refractivity contribution in [1.82, 2.24) is 39.0 Å². The van der Waals surface area contributed by atoms with Gasteiger partial charge in [0.1, 0.15) is 43.2 Å². The molecular weight excluding hydrogens is 717 g/mol. The predicted octanol–water partition coefficient (Wildman–Crippen LogP) is 0.934. The lowest BCUT2D eigenvalue weighted by Crippen LogP contribution is -2.34. The third-order valence-corrected chi connectivity index (χ3v) is 9.20. The molecule has 4 aromatic rings. The van der Waals surface area contributed by atoms with Gasteiger partial charge in [-0.25, -0.2) is 34.3 Å². The van der Waals surface area contributed by atoms with Gasteiger partial charge in [0.25, 0.3) is 0 Å². The Morgan fingerprint density at radius 2 is 1.31 bits per heavy atom. The lowest BCUT2D eigenvalue weighted by atomic mass is 10.1. The fraction of sp³-hybridized carbons (Fsp3) is 0.500. The Balaban J connectivity index is 1.08. The van der Waals surface area contributed by atoms with E-state index in [0.717, 1.165) is 0 Å². The summed E-state index contributed by atoms with van der Waals surface area (Å²) in [5.41, 5.74) is 1.38. The Bertz CT molecular complexity index is 1820. The summed E-state index contributed by atoms with van der Waals surface area (Å²) in [4.78, 5) is 25.7. The molecule has 0 bridgehead atoms. The molecule has 2 aliphatic heterocycles. The highest BCUT2D eigenvalue weighted by molar-refractivity contribution is 8.39. The van der Waals surface area contributed by atoms with Crippen LogP contribution in [0.1, 0.15) is 12.5 Å². The van der Waals surface area contributed by atoms with Crippen LogP contribution in [0.15, 0.2) is 37.5 Å². The van der Waals surface area contributed by atoms with Gasteiger partial charge in [0.15, 0.2) is 52.6 Å². The maximum Gasteiger partial charge on any atom is 0.243 e. The fourth-order valence-electron chi connectivity index (χ4n) is 5.47. The van der Waals surface area contributed by atoms with Crippen molar-refractivity contribution < 1.29 is 47.4 Å². The second-order valence-corrected chi connectivity index (χ2v) is 14.2. The number of nitrogens with one attached hydrogen (secondary N) is 2. The molecule has 48 heavy (non-hydrogen) atoms. The molecule has 260 valence electrons. The zero-order chi connectivity index (χ0) is 33.9. The first-order valence-electron chi connectivity index (χ1n) is 14.3. The normalized spacial score (nSPS) is 28.9. The highest BCUT2D eigenvalue weighted by Crippen LogP contribution is 2.42. The number of halogens is 1. The highest BCUT2D eigenvalue weighted by Gasteiger charge is 2.48. The van der Waals surface area contributed by atoms with E-state index < -0.39 is 76.8 Å². The number of anilines is 2. The van der Waals surface area contributed by atoms with E-state index in [1.54, 1.807) is 0 Å². The van der Waals surface area contributed by atoms with Crippen molar-refractivity contribution in [3.63, 3.8) is 0 Å². The number of ether oxygens (including phenoxy) is 2. The number of rotatable bonds is 14. The summed E-state index contributed by atoms with van der Waals surface area (Å²) in [6, 6.07) is 0. The Kier molecular flexibility index (Phi) is 11.3. The van der Waals surface area contributed by atoms with E-state index in [-0.39, 0.29) is 5.65 Å². The minimum atomic E-state index is -2.79. The maximum absolute atomic E-state index is 15.2. The third kappa shape index (κ3) is 7.10. The average molecular weight is 749 g/mol. The van der Waals surface area contributed by atoms with Crippen LogP contribution in [-0.4, -0.2) is 117 Å². The Morgan fingerprint density at radius 1 is 0.812 bits per heavy atom. The van der Waals surface area contributed by atoms with Gasteiger partial charge in [-0.1, -0.05) is 36.6 Å². The van der Waals surface area contributed by atoms with Crippen molar-refractivity contribution in [2.45, 2.75) is 49.1 Å². The SMILES string of the molecule is O=[PH](S)O[C@@H]1C(CO)OC(n2cnc3c(NC/C=C/CNc4ncnc5c4ncn5C4O[C@H](CO)[C@@H](O)[C@H]4O[PH](=O)S)ncnc32)[C@@H]1F. The lowest BCUT2D eigenvalue weighted by molar-refractivity contribution is -0.0481. The average Bonchev–Trinajstić information content (AvgIpc) is 3.83. The van der Waals surface area contributed by atoms with Gasteiger partial charge in [0.2, 0.25) is 14.5 Å². The number of imidazole rings is 2. The second-order valence-electron chi connectivity index (χ2n) is 10.5. The maximum atomic E-state index is 15.2. The van der Waals surface area contributed by atoms with Gasteiger partial charge in [-0.3, -0.25) is 18.3 Å². The van der Waals surface area contributed by atoms with Gasteiger partial charge in [-0.05, 0) is 0 Å². The van der Waals surface area contributed by atoms with E-state index in [4.69, 9.17) is 18.5 Å². The molecule has 0 amide bonds. The molecule has 2 fully saturated rings. The van der Waals surface area contributed by atoms with Crippen LogP contribution in [0.3, 0.4) is 0 Å². The number of alkyl halides is 1. The standard InChI is InChI=1S/C24H31FN10O9P2S2/c25-13-17(43-45(39)47)12(6-37)42-23(13)34-9-32-14-19(28-7-30-21(14)34)26-3-1-2-4-27-20-15-22(31-8-29-20)35(10-33-15)24-18(44-46(40)48)16(38)11(5-36)41-24/h1-2,7-13,16-18,23-24,36-38,45-46H,3-6H2,(H,39,47)(H,40,48)(H,26,28,30)(H,27,29,31)/b2-1+/t11-,12?,13-,16-,17-,18-,23?,24?/m1/s1. The smallest absolute Gasteiger partial charge is 0.243 e. The fourth-order valence-corrected chi connectivity index (χ4v) is 7.21. The van der Waals surface area contributed by atoms with Crippen LogP contribution in [0.25, 0.3) is 22.3 Å². The van der Waals surface area contributed by atoms with Crippen molar-refractivity contribution in [2.75, 3.05) is 36.9 Å². The van der Waals surface area contributed by atoms with Crippen LogP contribution in [0.5, 0.6) is 0 Å². The summed E-state index contributed by atoms with van der Waals surface area (Å²) in [7, 11) is -5.53. The zero-order valence-corrected chi connectivity index (χ0v) is 28.3. The van der Waals surface area contributed by atoms with E-state index in [9.17, 15) is 24.4 Å². The second kappa shape index (κ2) is 15.4. The molecule has 19 nitrogen and oxygen atoms in total. The van der Waals surface area contributed by atoms with Crippen LogP contribution in [0.4, 0.5) is 16.0 Å². The van der Waals surface area contributed by atoms with E-state index in [0.29, 0.717) is 41.4 Å². The van der Waals surface area contributed by atoms with Gasteiger partial charge in [0.05, 0.1) is 25.9 Å². The predicted molar refractivity (Wildman–Crippen MR) is 175 cm³/mol. The minimum absolute atomic E-state index is 0.274. The number of thiol groups is 2. The summed E-state index contributed by atoms with van der Waals surface area (Å²) in [6.45, 7) is -0.347. The molecular formula is C24H31FN10O9P2S2. The van der Waals surface area contributed by atoms with Crippen LogP contribution in [-0.2, 0) is 27.7 Å². The third-order valence-electron chi connectivity index (χ3n) is 7.62. The first-order chi connectivity index (χ1) is 23.2. The first-order valence-corrected chi connectivity index (χ1v) is 19.5. The summed E-state index contributed by atoms with van der Waals surface area (Å²) < 4.78 is 63.1. The van der Waals surface area contributed by atoms with E-state index in [2.05, 4.69) is 65.0 Å². The molecule has 4 aromatic heterocycles. The minimum Gasteiger partial charge on any atom is -0.394 e. The van der Waals surface area contributed by atoms with Gasteiger partial charge < -0.3 is 44.5 Å². The zero-order valence-electron chi connectivity index (χ0n) is 24.6. The molecule has 5 unspecified atom stereocenters. The largest absolute Gasteiger partial charge is 0.394 e. The Morgan fingerprint density at radius 3 is 1.83 bits per heavy atom. The molecule has 0 aliphatic carbocycles. The van der Waals surface area contributed by atoms with E-state index >= 15 is 4.39 Å². The van der Waals surface area contributed by atoms with Crippen LogP contribution in [0.2, 0.25) is 0 Å². The summed E-state index contributed by atoms with van der Waals surface area (Å²) in [5.74, 6) is 0.794. The van der Waals surface area contributed by atoms with Gasteiger partial charge in [-0.2, -0.15) is 0 Å². The van der Waals surface area contributed by atoms with Crippen molar-refractivity contribution in [3.05, 3.63) is 37.5 Å². The van der Waals surface area contributed by atoms with Crippen LogP contribution >= 0.6 is 39.0 Å². The molecule has 2 aliphatic rings. The van der Waals surface area contributed by atoms with Crippen molar-refractivity contribution in [2.24, 2.45) is 0 Å². The molecule has 0 radical (unpaired) electrons. The summed E-state index contributed by atoms with van der Waals surface area (Å²) >= 11 is 7.53. The summed E-state index contributed by atoms with van der Waals surface area (Å²) in [6.07, 6.45) is -0.590. The molecule has 5 N–H and O–H groups in total. The van der Waals surface area contributed by atoms with Crippen LogP contribution < -0.4 is 10.6 Å². The Labute approximate surface area is 282 Å². The number of aliphatic hydroxyl groups excluding tert-OH is 3. The monoisotopic (exact) mass is 748 g/mol. The quantitative estimate of drug-likeness (QED) is 0.0539. The first kappa shape index (κ1) is 35.1. The van der Waals surface area contributed by atoms with E-state index in [1.165, 1.54) is 34.4 Å². The number of aromatic nitrogens is 8. The van der Waals surface area contributed by atoms with E-state index in [1.807, 2.05) is 12.2 Å². The Hall–Kier alpha value is -2.75. The van der Waals surface area contributed by atoms with Crippen molar-refractivity contribution in [3.8, 4) is 0 Å².